The molecule has 0 aliphatic heterocycles. The second-order valence-corrected chi connectivity index (χ2v) is 6.78. The fourth-order valence-electron chi connectivity index (χ4n) is 3.17. The summed E-state index contributed by atoms with van der Waals surface area (Å²) in [6.45, 7) is -0.636. The van der Waals surface area contributed by atoms with E-state index in [1.54, 1.807) is 60.7 Å². The van der Waals surface area contributed by atoms with Crippen LogP contribution < -0.4 is 0 Å². The van der Waals surface area contributed by atoms with Gasteiger partial charge in [0.1, 0.15) is 18.8 Å². The minimum atomic E-state index is -2.15. The molecule has 0 amide bonds. The van der Waals surface area contributed by atoms with Crippen molar-refractivity contribution in [3.63, 3.8) is 0 Å². The molecule has 148 valence electrons. The van der Waals surface area contributed by atoms with Crippen LogP contribution in [0.25, 0.3) is 0 Å². The highest BCUT2D eigenvalue weighted by Crippen LogP contribution is 2.32. The lowest BCUT2D eigenvalue weighted by Crippen LogP contribution is -2.63. The third kappa shape index (κ3) is 4.22. The van der Waals surface area contributed by atoms with Crippen LogP contribution >= 0.6 is 0 Å². The molecule has 0 heterocycles. The molecule has 1 fully saturated rings. The number of aliphatic hydroxyl groups excluding tert-OH is 2. The molecule has 2 aromatic carbocycles. The largest absolute Gasteiger partial charge is 0.459 e. The summed E-state index contributed by atoms with van der Waals surface area (Å²) in [7, 11) is 0. The molecular weight excluding hydrogens is 364 g/mol. The minimum absolute atomic E-state index is 0.0726. The summed E-state index contributed by atoms with van der Waals surface area (Å²) in [4.78, 5) is 24.3. The zero-order valence-corrected chi connectivity index (χ0v) is 15.1. The Morgan fingerprint density at radius 2 is 1.43 bits per heavy atom. The number of hydrogen-bond donors (Lipinski definition) is 3. The number of carbonyl (C=O) groups excluding carboxylic acids is 2. The van der Waals surface area contributed by atoms with Crippen LogP contribution in [0.3, 0.4) is 0 Å². The van der Waals surface area contributed by atoms with E-state index < -0.39 is 42.5 Å². The van der Waals surface area contributed by atoms with Crippen molar-refractivity contribution in [2.24, 2.45) is 0 Å². The summed E-state index contributed by atoms with van der Waals surface area (Å²) in [6, 6.07) is 16.4. The van der Waals surface area contributed by atoms with Gasteiger partial charge in [-0.3, -0.25) is 0 Å². The third-order valence-corrected chi connectivity index (χ3v) is 4.88. The lowest BCUT2D eigenvalue weighted by molar-refractivity contribution is -0.217. The van der Waals surface area contributed by atoms with E-state index in [0.29, 0.717) is 5.56 Å². The van der Waals surface area contributed by atoms with E-state index in [1.165, 1.54) is 0 Å². The van der Waals surface area contributed by atoms with Gasteiger partial charge in [-0.25, -0.2) is 9.59 Å². The Bertz CT molecular complexity index is 808. The Kier molecular flexibility index (Phi) is 6.08. The van der Waals surface area contributed by atoms with Gasteiger partial charge in [0.05, 0.1) is 17.2 Å². The van der Waals surface area contributed by atoms with Crippen LogP contribution in [-0.4, -0.2) is 57.8 Å². The van der Waals surface area contributed by atoms with E-state index in [0.717, 1.165) is 0 Å². The molecule has 0 spiro atoms. The number of hydrogen-bond acceptors (Lipinski definition) is 7. The maximum absolute atomic E-state index is 12.2. The fraction of sp³-hybridized carbons (Fsp3) is 0.333. The van der Waals surface area contributed by atoms with Crippen molar-refractivity contribution in [3.05, 3.63) is 71.8 Å². The van der Waals surface area contributed by atoms with Gasteiger partial charge in [-0.05, 0) is 37.1 Å². The van der Waals surface area contributed by atoms with Crippen molar-refractivity contribution >= 4 is 11.9 Å². The van der Waals surface area contributed by atoms with Crippen molar-refractivity contribution in [2.75, 3.05) is 6.61 Å². The summed E-state index contributed by atoms with van der Waals surface area (Å²) in [6.07, 6.45) is -3.76. The number of benzene rings is 2. The predicted molar refractivity (Wildman–Crippen MR) is 98.6 cm³/mol. The Hall–Kier alpha value is -2.74. The standard InChI is InChI=1S/C21H22O7/c22-17-12-11-16(28-20(25)15-9-5-2-6-10-15)18(23)21(17,26)13-27-19(24)14-7-3-1-4-8-14/h1-10,16-18,22-23,26H,11-13H2. The minimum Gasteiger partial charge on any atom is -0.459 e. The Morgan fingerprint density at radius 3 is 2.00 bits per heavy atom. The summed E-state index contributed by atoms with van der Waals surface area (Å²) < 4.78 is 10.4. The molecule has 3 rings (SSSR count). The molecule has 0 aromatic heterocycles. The average molecular weight is 386 g/mol. The number of carbonyl (C=O) groups is 2. The van der Waals surface area contributed by atoms with Crippen molar-refractivity contribution in [3.8, 4) is 0 Å². The highest BCUT2D eigenvalue weighted by molar-refractivity contribution is 5.89. The average Bonchev–Trinajstić information content (AvgIpc) is 2.74. The lowest BCUT2D eigenvalue weighted by Gasteiger charge is -2.43. The zero-order valence-electron chi connectivity index (χ0n) is 15.1. The van der Waals surface area contributed by atoms with Crippen LogP contribution in [0.2, 0.25) is 0 Å². The molecule has 0 saturated heterocycles. The van der Waals surface area contributed by atoms with Gasteiger partial charge in [-0.15, -0.1) is 0 Å². The SMILES string of the molecule is O=C(OCC1(O)C(O)CCC(OC(=O)c2ccccc2)C1O)c1ccccc1. The number of ether oxygens (including phenoxy) is 2. The Morgan fingerprint density at radius 1 is 0.893 bits per heavy atom. The molecule has 0 radical (unpaired) electrons. The summed E-state index contributed by atoms with van der Waals surface area (Å²) >= 11 is 0. The van der Waals surface area contributed by atoms with Gasteiger partial charge in [0.25, 0.3) is 0 Å². The van der Waals surface area contributed by atoms with Crippen LogP contribution in [0.4, 0.5) is 0 Å². The zero-order chi connectivity index (χ0) is 20.1. The van der Waals surface area contributed by atoms with E-state index in [-0.39, 0.29) is 18.4 Å². The normalized spacial score (nSPS) is 27.0. The molecule has 2 aromatic rings. The predicted octanol–water partition coefficient (Wildman–Crippen LogP) is 1.32. The highest BCUT2D eigenvalue weighted by atomic mass is 16.6. The quantitative estimate of drug-likeness (QED) is 0.664. The third-order valence-electron chi connectivity index (χ3n) is 4.88. The first-order chi connectivity index (χ1) is 13.4. The Labute approximate surface area is 162 Å². The molecule has 4 atom stereocenters. The van der Waals surface area contributed by atoms with Crippen molar-refractivity contribution in [2.45, 2.75) is 36.8 Å². The first kappa shape index (κ1) is 20.0. The molecule has 1 aliphatic carbocycles. The van der Waals surface area contributed by atoms with Gasteiger partial charge in [-0.1, -0.05) is 36.4 Å². The van der Waals surface area contributed by atoms with E-state index in [9.17, 15) is 24.9 Å². The molecule has 7 heteroatoms. The monoisotopic (exact) mass is 386 g/mol. The second-order valence-electron chi connectivity index (χ2n) is 6.78. The van der Waals surface area contributed by atoms with E-state index >= 15 is 0 Å². The van der Waals surface area contributed by atoms with E-state index in [2.05, 4.69) is 0 Å². The van der Waals surface area contributed by atoms with Crippen molar-refractivity contribution < 1.29 is 34.4 Å². The first-order valence-electron chi connectivity index (χ1n) is 8.98. The molecule has 0 bridgehead atoms. The second kappa shape index (κ2) is 8.52. The van der Waals surface area contributed by atoms with E-state index in [4.69, 9.17) is 9.47 Å². The molecule has 4 unspecified atom stereocenters. The molecule has 1 saturated carbocycles. The van der Waals surface area contributed by atoms with Crippen LogP contribution in [0.1, 0.15) is 33.6 Å². The molecule has 7 nitrogen and oxygen atoms in total. The van der Waals surface area contributed by atoms with Gasteiger partial charge < -0.3 is 24.8 Å². The van der Waals surface area contributed by atoms with Crippen molar-refractivity contribution in [1.82, 2.24) is 0 Å². The first-order valence-corrected chi connectivity index (χ1v) is 8.98. The van der Waals surface area contributed by atoms with Crippen molar-refractivity contribution in [1.29, 1.82) is 0 Å². The van der Waals surface area contributed by atoms with Gasteiger partial charge in [0.2, 0.25) is 0 Å². The van der Waals surface area contributed by atoms with Gasteiger partial charge in [-0.2, -0.15) is 0 Å². The summed E-state index contributed by atoms with van der Waals surface area (Å²) in [5.41, 5.74) is -1.57. The molecular formula is C21H22O7. The van der Waals surface area contributed by atoms with Gasteiger partial charge in [0, 0.05) is 0 Å². The van der Waals surface area contributed by atoms with E-state index in [1.807, 2.05) is 0 Å². The van der Waals surface area contributed by atoms with Crippen LogP contribution in [0.5, 0.6) is 0 Å². The summed E-state index contributed by atoms with van der Waals surface area (Å²) in [5, 5.41) is 31.6. The topological polar surface area (TPSA) is 113 Å². The van der Waals surface area contributed by atoms with Crippen LogP contribution in [0.15, 0.2) is 60.7 Å². The number of aliphatic hydroxyl groups is 3. The molecule has 1 aliphatic rings. The Balaban J connectivity index is 1.67. The summed E-state index contributed by atoms with van der Waals surface area (Å²) in [5.74, 6) is -1.35. The molecule has 3 N–H and O–H groups in total. The van der Waals surface area contributed by atoms with Crippen LogP contribution in [-0.2, 0) is 9.47 Å². The highest BCUT2D eigenvalue weighted by Gasteiger charge is 2.52. The maximum Gasteiger partial charge on any atom is 0.338 e. The smallest absolute Gasteiger partial charge is 0.338 e. The van der Waals surface area contributed by atoms with Crippen LogP contribution in [0, 0.1) is 0 Å². The lowest BCUT2D eigenvalue weighted by atomic mass is 9.78. The fourth-order valence-corrected chi connectivity index (χ4v) is 3.17. The number of esters is 2. The van der Waals surface area contributed by atoms with Gasteiger partial charge in [0.15, 0.2) is 5.60 Å². The number of rotatable bonds is 5. The molecule has 28 heavy (non-hydrogen) atoms. The maximum atomic E-state index is 12.2. The van der Waals surface area contributed by atoms with Gasteiger partial charge >= 0.3 is 11.9 Å².